The topological polar surface area (TPSA) is 79.9 Å². The predicted molar refractivity (Wildman–Crippen MR) is 84.5 cm³/mol. The van der Waals surface area contributed by atoms with E-state index in [-0.39, 0.29) is 5.69 Å². The zero-order valence-corrected chi connectivity index (χ0v) is 11.4. The third kappa shape index (κ3) is 4.54. The Bertz CT molecular complexity index is 661. The Kier molecular flexibility index (Phi) is 4.76. The van der Waals surface area contributed by atoms with E-state index in [1.165, 1.54) is 23.9 Å². The molecule has 0 aliphatic heterocycles. The van der Waals surface area contributed by atoms with Gasteiger partial charge in [0.1, 0.15) is 0 Å². The third-order valence-electron chi connectivity index (χ3n) is 2.67. The molecule has 0 spiro atoms. The van der Waals surface area contributed by atoms with Crippen molar-refractivity contribution in [2.75, 3.05) is 5.43 Å². The average Bonchev–Trinajstić information content (AvgIpc) is 2.49. The second-order valence-electron chi connectivity index (χ2n) is 4.31. The van der Waals surface area contributed by atoms with Crippen molar-refractivity contribution >= 4 is 29.5 Å². The molecule has 0 saturated heterocycles. The Morgan fingerprint density at radius 1 is 1.05 bits per heavy atom. The molecule has 2 aromatic rings. The largest absolute Gasteiger partial charge is 0.278 e. The SMILES string of the molecule is Cc1ccc(N=C/C=N/Nc2ccc([N+](=O)[O-])cc2)cc1. The van der Waals surface area contributed by atoms with Crippen LogP contribution in [0.25, 0.3) is 0 Å². The number of hydrogen-bond acceptors (Lipinski definition) is 5. The maximum atomic E-state index is 10.5. The average molecular weight is 282 g/mol. The highest BCUT2D eigenvalue weighted by Crippen LogP contribution is 2.15. The summed E-state index contributed by atoms with van der Waals surface area (Å²) in [5.74, 6) is 0. The first-order chi connectivity index (χ1) is 10.1. The Morgan fingerprint density at radius 3 is 2.33 bits per heavy atom. The summed E-state index contributed by atoms with van der Waals surface area (Å²) in [4.78, 5) is 14.3. The maximum Gasteiger partial charge on any atom is 0.269 e. The molecule has 21 heavy (non-hydrogen) atoms. The fourth-order valence-corrected chi connectivity index (χ4v) is 1.55. The highest BCUT2D eigenvalue weighted by atomic mass is 16.6. The number of aryl methyl sites for hydroxylation is 1. The summed E-state index contributed by atoms with van der Waals surface area (Å²) in [6, 6.07) is 13.8. The second kappa shape index (κ2) is 6.95. The van der Waals surface area contributed by atoms with Crippen LogP contribution in [0.4, 0.5) is 17.1 Å². The molecule has 106 valence electrons. The highest BCUT2D eigenvalue weighted by Gasteiger charge is 2.02. The molecular formula is C15H14N4O2. The molecule has 0 aliphatic carbocycles. The number of hydrogen-bond donors (Lipinski definition) is 1. The van der Waals surface area contributed by atoms with Gasteiger partial charge in [-0.15, -0.1) is 0 Å². The van der Waals surface area contributed by atoms with Gasteiger partial charge >= 0.3 is 0 Å². The normalized spacial score (nSPS) is 11.1. The monoisotopic (exact) mass is 282 g/mol. The van der Waals surface area contributed by atoms with Crippen LogP contribution in [-0.2, 0) is 0 Å². The van der Waals surface area contributed by atoms with Gasteiger partial charge in [0, 0.05) is 18.3 Å². The molecule has 2 rings (SSSR count). The number of nitrogens with one attached hydrogen (secondary N) is 1. The lowest BCUT2D eigenvalue weighted by atomic mass is 10.2. The molecule has 0 atom stereocenters. The third-order valence-corrected chi connectivity index (χ3v) is 2.67. The summed E-state index contributed by atoms with van der Waals surface area (Å²) < 4.78 is 0. The molecule has 0 fully saturated rings. The number of nitro groups is 1. The molecule has 1 N–H and O–H groups in total. The summed E-state index contributed by atoms with van der Waals surface area (Å²) in [7, 11) is 0. The van der Waals surface area contributed by atoms with Crippen LogP contribution in [0.5, 0.6) is 0 Å². The molecule has 0 saturated carbocycles. The van der Waals surface area contributed by atoms with E-state index in [1.807, 2.05) is 31.2 Å². The van der Waals surface area contributed by atoms with Gasteiger partial charge in [0.15, 0.2) is 0 Å². The first kappa shape index (κ1) is 14.4. The second-order valence-corrected chi connectivity index (χ2v) is 4.31. The van der Waals surface area contributed by atoms with Crippen LogP contribution in [-0.4, -0.2) is 17.4 Å². The minimum absolute atomic E-state index is 0.0467. The van der Waals surface area contributed by atoms with Crippen molar-refractivity contribution in [2.45, 2.75) is 6.92 Å². The lowest BCUT2D eigenvalue weighted by Gasteiger charge is -1.98. The number of anilines is 1. The van der Waals surface area contributed by atoms with E-state index in [4.69, 9.17) is 0 Å². The molecule has 0 aliphatic rings. The summed E-state index contributed by atoms with van der Waals surface area (Å²) in [6.45, 7) is 2.02. The van der Waals surface area contributed by atoms with Crippen LogP contribution >= 0.6 is 0 Å². The lowest BCUT2D eigenvalue weighted by molar-refractivity contribution is -0.384. The number of benzene rings is 2. The molecular weight excluding hydrogens is 268 g/mol. The predicted octanol–water partition coefficient (Wildman–Crippen LogP) is 3.70. The van der Waals surface area contributed by atoms with E-state index < -0.39 is 4.92 Å². The van der Waals surface area contributed by atoms with E-state index in [0.29, 0.717) is 5.69 Å². The number of aliphatic imine (C=N–C) groups is 1. The highest BCUT2D eigenvalue weighted by molar-refractivity contribution is 6.16. The van der Waals surface area contributed by atoms with Gasteiger partial charge in [-0.1, -0.05) is 17.7 Å². The van der Waals surface area contributed by atoms with Crippen molar-refractivity contribution in [3.05, 3.63) is 64.2 Å². The van der Waals surface area contributed by atoms with Crippen LogP contribution in [0, 0.1) is 17.0 Å². The van der Waals surface area contributed by atoms with Crippen LogP contribution in [0.1, 0.15) is 5.56 Å². The number of rotatable bonds is 5. The van der Waals surface area contributed by atoms with Gasteiger partial charge in [0.25, 0.3) is 5.69 Å². The van der Waals surface area contributed by atoms with E-state index in [0.717, 1.165) is 5.69 Å². The Balaban J connectivity index is 1.87. The quantitative estimate of drug-likeness (QED) is 0.515. The minimum atomic E-state index is -0.443. The fraction of sp³-hybridized carbons (Fsp3) is 0.0667. The van der Waals surface area contributed by atoms with Gasteiger partial charge in [-0.05, 0) is 31.2 Å². The van der Waals surface area contributed by atoms with Gasteiger partial charge in [0.2, 0.25) is 0 Å². The summed E-state index contributed by atoms with van der Waals surface area (Å²) in [5, 5.41) is 14.5. The Hall–Kier alpha value is -3.02. The fourth-order valence-electron chi connectivity index (χ4n) is 1.55. The van der Waals surface area contributed by atoms with Gasteiger partial charge in [-0.25, -0.2) is 0 Å². The summed E-state index contributed by atoms with van der Waals surface area (Å²) in [6.07, 6.45) is 3.09. The van der Waals surface area contributed by atoms with E-state index in [9.17, 15) is 10.1 Å². The van der Waals surface area contributed by atoms with Crippen molar-refractivity contribution in [2.24, 2.45) is 10.1 Å². The molecule has 6 nitrogen and oxygen atoms in total. The van der Waals surface area contributed by atoms with Crippen molar-refractivity contribution in [3.8, 4) is 0 Å². The van der Waals surface area contributed by atoms with Gasteiger partial charge < -0.3 is 0 Å². The zero-order chi connectivity index (χ0) is 15.1. The van der Waals surface area contributed by atoms with Crippen molar-refractivity contribution in [1.29, 1.82) is 0 Å². The number of nitro benzene ring substituents is 1. The van der Waals surface area contributed by atoms with Crippen molar-refractivity contribution < 1.29 is 4.92 Å². The number of nitrogens with zero attached hydrogens (tertiary/aromatic N) is 3. The smallest absolute Gasteiger partial charge is 0.269 e. The Labute approximate surface area is 122 Å². The van der Waals surface area contributed by atoms with Crippen molar-refractivity contribution in [1.82, 2.24) is 0 Å². The van der Waals surface area contributed by atoms with E-state index in [2.05, 4.69) is 15.5 Å². The zero-order valence-electron chi connectivity index (χ0n) is 11.4. The molecule has 0 radical (unpaired) electrons. The van der Waals surface area contributed by atoms with Crippen molar-refractivity contribution in [3.63, 3.8) is 0 Å². The van der Waals surface area contributed by atoms with Gasteiger partial charge in [-0.2, -0.15) is 5.10 Å². The standard InChI is InChI=1S/C15H14N4O2/c1-12-2-4-13(5-3-12)16-10-11-17-18-14-6-8-15(9-7-14)19(20)21/h2-11,18H,1H3/b16-10?,17-11+. The lowest BCUT2D eigenvalue weighted by Crippen LogP contribution is -1.91. The molecule has 2 aromatic carbocycles. The number of hydrazone groups is 1. The van der Waals surface area contributed by atoms with Crippen LogP contribution in [0.15, 0.2) is 58.6 Å². The van der Waals surface area contributed by atoms with Crippen LogP contribution < -0.4 is 5.43 Å². The summed E-state index contributed by atoms with van der Waals surface area (Å²) >= 11 is 0. The molecule has 0 amide bonds. The van der Waals surface area contributed by atoms with Gasteiger partial charge in [-0.3, -0.25) is 20.5 Å². The Morgan fingerprint density at radius 2 is 1.71 bits per heavy atom. The summed E-state index contributed by atoms with van der Waals surface area (Å²) in [5.41, 5.74) is 5.51. The molecule has 6 heteroatoms. The van der Waals surface area contributed by atoms with Crippen LogP contribution in [0.3, 0.4) is 0 Å². The first-order valence-corrected chi connectivity index (χ1v) is 6.28. The molecule has 0 unspecified atom stereocenters. The van der Waals surface area contributed by atoms with E-state index in [1.54, 1.807) is 18.3 Å². The number of non-ortho nitro benzene ring substituents is 1. The first-order valence-electron chi connectivity index (χ1n) is 6.28. The van der Waals surface area contributed by atoms with E-state index >= 15 is 0 Å². The molecule has 0 aromatic heterocycles. The minimum Gasteiger partial charge on any atom is -0.278 e. The molecule has 0 heterocycles. The maximum absolute atomic E-state index is 10.5. The van der Waals surface area contributed by atoms with Gasteiger partial charge in [0.05, 0.1) is 22.5 Å². The molecule has 0 bridgehead atoms. The van der Waals surface area contributed by atoms with Crippen LogP contribution in [0.2, 0.25) is 0 Å².